The lowest BCUT2D eigenvalue weighted by Crippen LogP contribution is -2.48. The van der Waals surface area contributed by atoms with Crippen molar-refractivity contribution in [3.8, 4) is 11.5 Å². The monoisotopic (exact) mass is 337 g/mol. The number of ether oxygens (including phenoxy) is 2. The molecule has 1 N–H and O–H groups in total. The molecule has 1 aromatic carbocycles. The van der Waals surface area contributed by atoms with Gasteiger partial charge in [-0.1, -0.05) is 11.6 Å². The van der Waals surface area contributed by atoms with Crippen LogP contribution >= 0.6 is 11.6 Å². The molecule has 4 nitrogen and oxygen atoms in total. The average Bonchev–Trinajstić information content (AvgIpc) is 2.55. The number of nitrogens with zero attached hydrogens (tertiary/aromatic N) is 1. The fourth-order valence-corrected chi connectivity index (χ4v) is 3.74. The predicted molar refractivity (Wildman–Crippen MR) is 92.1 cm³/mol. The molecule has 4 rings (SSSR count). The Balaban J connectivity index is 1.95. The van der Waals surface area contributed by atoms with Crippen LogP contribution in [0, 0.1) is 5.92 Å². The maximum atomic E-state index is 10.5. The van der Waals surface area contributed by atoms with E-state index >= 15 is 0 Å². The van der Waals surface area contributed by atoms with E-state index in [1.807, 2.05) is 32.1 Å². The molecule has 0 spiro atoms. The van der Waals surface area contributed by atoms with E-state index in [-0.39, 0.29) is 6.10 Å². The van der Waals surface area contributed by atoms with Crippen LogP contribution in [0.5, 0.6) is 11.5 Å². The number of hydrogen-bond donors (Lipinski definition) is 1. The Morgan fingerprint density at radius 2 is 1.91 bits per heavy atom. The van der Waals surface area contributed by atoms with Crippen molar-refractivity contribution < 1.29 is 14.6 Å². The maximum Gasteiger partial charge on any atom is 0.179 e. The highest BCUT2D eigenvalue weighted by molar-refractivity contribution is 6.32. The molecule has 0 amide bonds. The molecule has 1 unspecified atom stereocenters. The van der Waals surface area contributed by atoms with Crippen LogP contribution in [-0.4, -0.2) is 42.4 Å². The molecule has 5 heteroatoms. The van der Waals surface area contributed by atoms with E-state index < -0.39 is 0 Å². The third kappa shape index (κ3) is 3.29. The van der Waals surface area contributed by atoms with Gasteiger partial charge in [0.05, 0.1) is 24.3 Å². The van der Waals surface area contributed by atoms with E-state index in [4.69, 9.17) is 21.1 Å². The summed E-state index contributed by atoms with van der Waals surface area (Å²) in [5, 5.41) is 11.0. The Labute approximate surface area is 142 Å². The van der Waals surface area contributed by atoms with Crippen molar-refractivity contribution in [3.63, 3.8) is 0 Å². The number of piperidine rings is 3. The third-order valence-corrected chi connectivity index (χ3v) is 4.87. The third-order valence-electron chi connectivity index (χ3n) is 4.59. The van der Waals surface area contributed by atoms with Crippen molar-refractivity contribution >= 4 is 17.7 Å². The Morgan fingerprint density at radius 1 is 1.22 bits per heavy atom. The van der Waals surface area contributed by atoms with Gasteiger partial charge in [0, 0.05) is 18.8 Å². The van der Waals surface area contributed by atoms with E-state index in [1.165, 1.54) is 0 Å². The topological polar surface area (TPSA) is 41.9 Å². The van der Waals surface area contributed by atoms with Gasteiger partial charge in [-0.15, -0.1) is 0 Å². The van der Waals surface area contributed by atoms with Crippen molar-refractivity contribution in [1.29, 1.82) is 0 Å². The van der Waals surface area contributed by atoms with Crippen molar-refractivity contribution in [1.82, 2.24) is 4.90 Å². The van der Waals surface area contributed by atoms with Gasteiger partial charge in [0.25, 0.3) is 0 Å². The summed E-state index contributed by atoms with van der Waals surface area (Å²) in [4.78, 5) is 2.27. The highest BCUT2D eigenvalue weighted by Crippen LogP contribution is 2.39. The second-order valence-electron chi connectivity index (χ2n) is 6.03. The first-order valence-electron chi connectivity index (χ1n) is 8.37. The average molecular weight is 338 g/mol. The van der Waals surface area contributed by atoms with E-state index in [9.17, 15) is 5.11 Å². The lowest BCUT2D eigenvalue weighted by molar-refractivity contribution is 0.0215. The summed E-state index contributed by atoms with van der Waals surface area (Å²) >= 11 is 6.37. The highest BCUT2D eigenvalue weighted by Gasteiger charge is 2.36. The van der Waals surface area contributed by atoms with Crippen LogP contribution in [0.25, 0.3) is 6.08 Å². The first-order valence-corrected chi connectivity index (χ1v) is 8.75. The maximum absolute atomic E-state index is 10.5. The van der Waals surface area contributed by atoms with Crippen molar-refractivity contribution in [2.45, 2.75) is 32.8 Å². The van der Waals surface area contributed by atoms with Crippen molar-refractivity contribution in [2.75, 3.05) is 26.3 Å². The zero-order valence-electron chi connectivity index (χ0n) is 13.7. The van der Waals surface area contributed by atoms with Gasteiger partial charge in [-0.25, -0.2) is 0 Å². The molecule has 126 valence electrons. The standard InChI is InChI=1S/C18H24ClNO3/c1-3-22-16-11-12(9-14(19)18(16)23-4-2)10-15-17(21)13-5-7-20(15)8-6-13/h9-11,13,17,21H,3-8H2,1-2H3/b15-10+. The van der Waals surface area contributed by atoms with Crippen LogP contribution < -0.4 is 9.47 Å². The first-order chi connectivity index (χ1) is 11.1. The number of benzene rings is 1. The Morgan fingerprint density at radius 3 is 2.52 bits per heavy atom. The molecule has 3 saturated heterocycles. The molecule has 0 aromatic heterocycles. The molecule has 3 aliphatic rings. The summed E-state index contributed by atoms with van der Waals surface area (Å²) in [5.41, 5.74) is 1.93. The molecule has 2 bridgehead atoms. The number of halogens is 1. The second kappa shape index (κ2) is 7.02. The van der Waals surface area contributed by atoms with E-state index in [2.05, 4.69) is 4.90 Å². The van der Waals surface area contributed by atoms with E-state index in [0.717, 1.165) is 37.2 Å². The fourth-order valence-electron chi connectivity index (χ4n) is 3.47. The number of aliphatic hydroxyl groups is 1. The molecular formula is C18H24ClNO3. The molecule has 0 aliphatic carbocycles. The number of fused-ring (bicyclic) bond motifs is 3. The number of rotatable bonds is 5. The van der Waals surface area contributed by atoms with Crippen LogP contribution in [0.3, 0.4) is 0 Å². The summed E-state index contributed by atoms with van der Waals surface area (Å²) in [6, 6.07) is 3.81. The number of hydrogen-bond acceptors (Lipinski definition) is 4. The van der Waals surface area contributed by atoms with Crippen LogP contribution in [0.15, 0.2) is 17.8 Å². The summed E-state index contributed by atoms with van der Waals surface area (Å²) in [6.07, 6.45) is 3.80. The van der Waals surface area contributed by atoms with E-state index in [0.29, 0.717) is 35.7 Å². The largest absolute Gasteiger partial charge is 0.490 e. The molecule has 0 radical (unpaired) electrons. The number of aliphatic hydroxyl groups excluding tert-OH is 1. The second-order valence-corrected chi connectivity index (χ2v) is 6.44. The molecule has 1 atom stereocenters. The SMILES string of the molecule is CCOc1cc(/C=C2\C(O)C3CCN2CC3)cc(Cl)c1OCC. The van der Waals surface area contributed by atoms with Crippen LogP contribution in [0.2, 0.25) is 5.02 Å². The minimum absolute atomic E-state index is 0.376. The molecule has 3 heterocycles. The first kappa shape index (κ1) is 16.5. The van der Waals surface area contributed by atoms with Crippen molar-refractivity contribution in [2.24, 2.45) is 5.92 Å². The molecule has 3 aliphatic heterocycles. The van der Waals surface area contributed by atoms with Gasteiger partial charge >= 0.3 is 0 Å². The van der Waals surface area contributed by atoms with Gasteiger partial charge in [-0.3, -0.25) is 0 Å². The zero-order chi connectivity index (χ0) is 16.4. The minimum atomic E-state index is -0.376. The van der Waals surface area contributed by atoms with Crippen LogP contribution in [0.1, 0.15) is 32.3 Å². The zero-order valence-corrected chi connectivity index (χ0v) is 14.5. The minimum Gasteiger partial charge on any atom is -0.490 e. The van der Waals surface area contributed by atoms with Gasteiger partial charge < -0.3 is 19.5 Å². The molecule has 1 aromatic rings. The molecule has 23 heavy (non-hydrogen) atoms. The summed E-state index contributed by atoms with van der Waals surface area (Å²) in [7, 11) is 0. The lowest BCUT2D eigenvalue weighted by Gasteiger charge is -2.46. The predicted octanol–water partition coefficient (Wildman–Crippen LogP) is 3.56. The molecular weight excluding hydrogens is 314 g/mol. The fraction of sp³-hybridized carbons (Fsp3) is 0.556. The molecule has 0 saturated carbocycles. The van der Waals surface area contributed by atoms with E-state index in [1.54, 1.807) is 0 Å². The normalized spacial score (nSPS) is 25.0. The van der Waals surface area contributed by atoms with Gasteiger partial charge in [0.1, 0.15) is 0 Å². The summed E-state index contributed by atoms with van der Waals surface area (Å²) in [5.74, 6) is 1.62. The Bertz CT molecular complexity index is 590. The quantitative estimate of drug-likeness (QED) is 0.892. The van der Waals surface area contributed by atoms with Crippen LogP contribution in [0.4, 0.5) is 0 Å². The van der Waals surface area contributed by atoms with Crippen molar-refractivity contribution in [3.05, 3.63) is 28.4 Å². The van der Waals surface area contributed by atoms with Crippen LogP contribution in [-0.2, 0) is 0 Å². The highest BCUT2D eigenvalue weighted by atomic mass is 35.5. The summed E-state index contributed by atoms with van der Waals surface area (Å²) < 4.78 is 11.3. The molecule has 3 fully saturated rings. The smallest absolute Gasteiger partial charge is 0.179 e. The van der Waals surface area contributed by atoms with Gasteiger partial charge in [0.2, 0.25) is 0 Å². The van der Waals surface area contributed by atoms with Gasteiger partial charge in [-0.05, 0) is 56.4 Å². The van der Waals surface area contributed by atoms with Gasteiger partial charge in [0.15, 0.2) is 11.5 Å². The van der Waals surface area contributed by atoms with Gasteiger partial charge in [-0.2, -0.15) is 0 Å². The Kier molecular flexibility index (Phi) is 5.02. The lowest BCUT2D eigenvalue weighted by atomic mass is 9.83. The Hall–Kier alpha value is -1.39. The summed E-state index contributed by atoms with van der Waals surface area (Å²) in [6.45, 7) is 6.99.